The lowest BCUT2D eigenvalue weighted by Crippen LogP contribution is -2.04. The van der Waals surface area contributed by atoms with Gasteiger partial charge in [-0.05, 0) is 55.0 Å². The van der Waals surface area contributed by atoms with Crippen LogP contribution in [0.2, 0.25) is 0 Å². The third-order valence-electron chi connectivity index (χ3n) is 3.83. The van der Waals surface area contributed by atoms with Crippen LogP contribution >= 0.6 is 0 Å². The summed E-state index contributed by atoms with van der Waals surface area (Å²) in [5, 5.41) is 0. The Kier molecular flexibility index (Phi) is 3.70. The second-order valence-electron chi connectivity index (χ2n) is 5.22. The van der Waals surface area contributed by atoms with E-state index in [1.807, 2.05) is 12.1 Å². The molecule has 2 N–H and O–H groups in total. The fourth-order valence-corrected chi connectivity index (χ4v) is 2.68. The van der Waals surface area contributed by atoms with Crippen molar-refractivity contribution in [1.82, 2.24) is 4.98 Å². The minimum absolute atomic E-state index is 0.461. The Bertz CT molecular complexity index is 622. The number of aromatic nitrogens is 1. The molecule has 1 aliphatic rings. The zero-order chi connectivity index (χ0) is 13.9. The summed E-state index contributed by atoms with van der Waals surface area (Å²) in [6.45, 7) is 2.60. The number of nitrogens with two attached hydrogens (primary N) is 1. The van der Waals surface area contributed by atoms with Gasteiger partial charge in [-0.15, -0.1) is 0 Å². The molecule has 3 rings (SSSR count). The Morgan fingerprint density at radius 1 is 1.25 bits per heavy atom. The van der Waals surface area contributed by atoms with E-state index < -0.39 is 0 Å². The maximum atomic E-state index is 5.98. The van der Waals surface area contributed by atoms with Crippen LogP contribution in [0.4, 0.5) is 0 Å². The largest absolute Gasteiger partial charge is 0.439 e. The number of hydrogen-bond acceptors (Lipinski definition) is 3. The lowest BCUT2D eigenvalue weighted by atomic mass is 10.1. The summed E-state index contributed by atoms with van der Waals surface area (Å²) in [5.41, 5.74) is 10.6. The van der Waals surface area contributed by atoms with Crippen LogP contribution in [0, 0.1) is 0 Å². The second kappa shape index (κ2) is 5.63. The molecule has 2 aromatic rings. The molecular weight excluding hydrogens is 248 g/mol. The summed E-state index contributed by atoms with van der Waals surface area (Å²) in [6.07, 6.45) is 4.34. The number of aryl methyl sites for hydroxylation is 3. The molecule has 3 heteroatoms. The second-order valence-corrected chi connectivity index (χ2v) is 5.22. The molecule has 1 aromatic heterocycles. The van der Waals surface area contributed by atoms with Crippen LogP contribution in [0.25, 0.3) is 0 Å². The van der Waals surface area contributed by atoms with Crippen molar-refractivity contribution in [2.24, 2.45) is 5.73 Å². The summed E-state index contributed by atoms with van der Waals surface area (Å²) in [4.78, 5) is 4.67. The Labute approximate surface area is 119 Å². The first-order valence-electron chi connectivity index (χ1n) is 7.28. The van der Waals surface area contributed by atoms with Crippen molar-refractivity contribution in [2.75, 3.05) is 0 Å². The lowest BCUT2D eigenvalue weighted by molar-refractivity contribution is 0.454. The van der Waals surface area contributed by atoms with Gasteiger partial charge in [0.15, 0.2) is 0 Å². The standard InChI is InChI=1S/C17H20N2O/c1-2-12-5-3-7-15(9-12)20-17-14(11-18)10-13-6-4-8-16(13)19-17/h3,5,7,9-10H,2,4,6,8,11,18H2,1H3. The third kappa shape index (κ3) is 2.54. The van der Waals surface area contributed by atoms with Crippen LogP contribution in [0.3, 0.4) is 0 Å². The summed E-state index contributed by atoms with van der Waals surface area (Å²) in [5.74, 6) is 1.51. The summed E-state index contributed by atoms with van der Waals surface area (Å²) in [6, 6.07) is 10.3. The predicted octanol–water partition coefficient (Wildman–Crippen LogP) is 3.38. The smallest absolute Gasteiger partial charge is 0.223 e. The summed E-state index contributed by atoms with van der Waals surface area (Å²) >= 11 is 0. The van der Waals surface area contributed by atoms with Gasteiger partial charge in [0.2, 0.25) is 5.88 Å². The Hall–Kier alpha value is -1.87. The first-order chi connectivity index (χ1) is 9.80. The molecule has 1 aliphatic carbocycles. The zero-order valence-electron chi connectivity index (χ0n) is 11.9. The maximum Gasteiger partial charge on any atom is 0.223 e. The minimum atomic E-state index is 0.461. The van der Waals surface area contributed by atoms with Crippen molar-refractivity contribution in [3.63, 3.8) is 0 Å². The van der Waals surface area contributed by atoms with Crippen LogP contribution in [0.5, 0.6) is 11.6 Å². The van der Waals surface area contributed by atoms with Crippen molar-refractivity contribution in [3.05, 3.63) is 52.7 Å². The van der Waals surface area contributed by atoms with Crippen molar-refractivity contribution in [2.45, 2.75) is 39.2 Å². The van der Waals surface area contributed by atoms with Gasteiger partial charge in [0, 0.05) is 17.8 Å². The number of benzene rings is 1. The number of hydrogen-bond donors (Lipinski definition) is 1. The van der Waals surface area contributed by atoms with Crippen LogP contribution in [0.15, 0.2) is 30.3 Å². The number of rotatable bonds is 4. The van der Waals surface area contributed by atoms with E-state index in [4.69, 9.17) is 10.5 Å². The highest BCUT2D eigenvalue weighted by Crippen LogP contribution is 2.29. The van der Waals surface area contributed by atoms with Gasteiger partial charge in [-0.2, -0.15) is 0 Å². The number of ether oxygens (including phenoxy) is 1. The van der Waals surface area contributed by atoms with Crippen molar-refractivity contribution in [3.8, 4) is 11.6 Å². The molecule has 0 spiro atoms. The Balaban J connectivity index is 1.93. The van der Waals surface area contributed by atoms with Gasteiger partial charge in [0.05, 0.1) is 0 Å². The van der Waals surface area contributed by atoms with E-state index in [1.165, 1.54) is 23.2 Å². The van der Waals surface area contributed by atoms with Crippen LogP contribution < -0.4 is 10.5 Å². The molecule has 0 amide bonds. The Morgan fingerprint density at radius 2 is 2.15 bits per heavy atom. The molecule has 0 saturated heterocycles. The minimum Gasteiger partial charge on any atom is -0.439 e. The molecule has 3 nitrogen and oxygen atoms in total. The number of fused-ring (bicyclic) bond motifs is 1. The molecule has 0 radical (unpaired) electrons. The van der Waals surface area contributed by atoms with Crippen molar-refractivity contribution < 1.29 is 4.74 Å². The van der Waals surface area contributed by atoms with Gasteiger partial charge in [-0.1, -0.05) is 19.1 Å². The van der Waals surface area contributed by atoms with E-state index in [-0.39, 0.29) is 0 Å². The van der Waals surface area contributed by atoms with E-state index >= 15 is 0 Å². The van der Waals surface area contributed by atoms with E-state index in [0.29, 0.717) is 12.4 Å². The zero-order valence-corrected chi connectivity index (χ0v) is 11.9. The van der Waals surface area contributed by atoms with E-state index in [2.05, 4.69) is 30.1 Å². The number of pyridine rings is 1. The third-order valence-corrected chi connectivity index (χ3v) is 3.83. The Morgan fingerprint density at radius 3 is 2.95 bits per heavy atom. The first kappa shape index (κ1) is 13.1. The maximum absolute atomic E-state index is 5.98. The highest BCUT2D eigenvalue weighted by molar-refractivity contribution is 5.40. The average Bonchev–Trinajstić information content (AvgIpc) is 2.93. The highest BCUT2D eigenvalue weighted by atomic mass is 16.5. The molecule has 104 valence electrons. The summed E-state index contributed by atoms with van der Waals surface area (Å²) in [7, 11) is 0. The van der Waals surface area contributed by atoms with E-state index in [0.717, 1.165) is 30.6 Å². The lowest BCUT2D eigenvalue weighted by Gasteiger charge is -2.12. The molecular formula is C17H20N2O. The van der Waals surface area contributed by atoms with Gasteiger partial charge < -0.3 is 10.5 Å². The average molecular weight is 268 g/mol. The van der Waals surface area contributed by atoms with E-state index in [9.17, 15) is 0 Å². The normalized spacial score (nSPS) is 13.3. The van der Waals surface area contributed by atoms with Gasteiger partial charge >= 0.3 is 0 Å². The van der Waals surface area contributed by atoms with Crippen LogP contribution in [-0.4, -0.2) is 4.98 Å². The fraction of sp³-hybridized carbons (Fsp3) is 0.353. The van der Waals surface area contributed by atoms with Crippen LogP contribution in [0.1, 0.15) is 35.7 Å². The molecule has 20 heavy (non-hydrogen) atoms. The quantitative estimate of drug-likeness (QED) is 0.924. The first-order valence-corrected chi connectivity index (χ1v) is 7.28. The van der Waals surface area contributed by atoms with Gasteiger partial charge in [0.25, 0.3) is 0 Å². The molecule has 0 fully saturated rings. The molecule has 0 saturated carbocycles. The summed E-state index contributed by atoms with van der Waals surface area (Å²) < 4.78 is 5.98. The monoisotopic (exact) mass is 268 g/mol. The molecule has 1 aromatic carbocycles. The molecule has 0 atom stereocenters. The molecule has 0 aliphatic heterocycles. The van der Waals surface area contributed by atoms with Crippen molar-refractivity contribution >= 4 is 0 Å². The fourth-order valence-electron chi connectivity index (χ4n) is 2.68. The molecule has 1 heterocycles. The predicted molar refractivity (Wildman–Crippen MR) is 80.0 cm³/mol. The number of nitrogens with zero attached hydrogens (tertiary/aromatic N) is 1. The SMILES string of the molecule is CCc1cccc(Oc2nc3c(cc2CN)CCC3)c1. The highest BCUT2D eigenvalue weighted by Gasteiger charge is 2.17. The van der Waals surface area contributed by atoms with Gasteiger partial charge in [0.1, 0.15) is 5.75 Å². The van der Waals surface area contributed by atoms with Crippen molar-refractivity contribution in [1.29, 1.82) is 0 Å². The topological polar surface area (TPSA) is 48.1 Å². The molecule has 0 unspecified atom stereocenters. The van der Waals surface area contributed by atoms with Crippen LogP contribution in [-0.2, 0) is 25.8 Å². The van der Waals surface area contributed by atoms with Gasteiger partial charge in [-0.25, -0.2) is 4.98 Å². The van der Waals surface area contributed by atoms with Gasteiger partial charge in [-0.3, -0.25) is 0 Å². The molecule has 0 bridgehead atoms. The van der Waals surface area contributed by atoms with E-state index in [1.54, 1.807) is 0 Å².